The molecule has 2 aromatic rings. The normalized spacial score (nSPS) is 20.1. The first-order valence-electron chi connectivity index (χ1n) is 10.0. The molecule has 1 amide bonds. The fraction of sp³-hybridized carbons (Fsp3) is 0.650. The number of nitrogens with zero attached hydrogens (tertiary/aromatic N) is 3. The lowest BCUT2D eigenvalue weighted by Crippen LogP contribution is -2.44. The molecule has 0 spiro atoms. The molecule has 146 valence electrons. The Morgan fingerprint density at radius 3 is 2.89 bits per heavy atom. The van der Waals surface area contributed by atoms with Crippen LogP contribution in [-0.4, -0.2) is 38.7 Å². The Morgan fingerprint density at radius 1 is 1.26 bits per heavy atom. The number of thiophene rings is 1. The largest absolute Gasteiger partial charge is 0.339 e. The lowest BCUT2D eigenvalue weighted by molar-refractivity contribution is -0.132. The average Bonchev–Trinajstić information content (AvgIpc) is 3.07. The first kappa shape index (κ1) is 19.0. The third kappa shape index (κ3) is 3.56. The van der Waals surface area contributed by atoms with Gasteiger partial charge in [-0.15, -0.1) is 11.3 Å². The Balaban J connectivity index is 1.56. The molecular weight excluding hydrogens is 378 g/mol. The summed E-state index contributed by atoms with van der Waals surface area (Å²) in [6.07, 6.45) is 8.84. The van der Waals surface area contributed by atoms with E-state index in [4.69, 9.17) is 4.98 Å². The summed E-state index contributed by atoms with van der Waals surface area (Å²) in [6.45, 7) is 3.02. The van der Waals surface area contributed by atoms with Crippen LogP contribution in [0.15, 0.2) is 9.95 Å². The van der Waals surface area contributed by atoms with Crippen molar-refractivity contribution in [3.05, 3.63) is 20.8 Å². The fourth-order valence-electron chi connectivity index (χ4n) is 4.36. The minimum absolute atomic E-state index is 0.0405. The Bertz CT molecular complexity index is 918. The SMILES string of the molecule is CC[C@H]1CCCCN1C(=O)CSc1nc2sc3c(c2c(=O)n1C)CCCC3. The van der Waals surface area contributed by atoms with Crippen LogP contribution in [0.1, 0.15) is 55.9 Å². The van der Waals surface area contributed by atoms with Crippen molar-refractivity contribution in [1.29, 1.82) is 0 Å². The van der Waals surface area contributed by atoms with E-state index in [9.17, 15) is 9.59 Å². The number of rotatable bonds is 4. The molecule has 0 N–H and O–H groups in total. The lowest BCUT2D eigenvalue weighted by atomic mass is 9.97. The number of thioether (sulfide) groups is 1. The van der Waals surface area contributed by atoms with Gasteiger partial charge in [0, 0.05) is 24.5 Å². The van der Waals surface area contributed by atoms with Gasteiger partial charge in [0.1, 0.15) is 4.83 Å². The van der Waals surface area contributed by atoms with Crippen molar-refractivity contribution in [1.82, 2.24) is 14.5 Å². The van der Waals surface area contributed by atoms with Gasteiger partial charge in [0.15, 0.2) is 5.16 Å². The third-order valence-corrected chi connectivity index (χ3v) is 8.10. The smallest absolute Gasteiger partial charge is 0.262 e. The summed E-state index contributed by atoms with van der Waals surface area (Å²) < 4.78 is 1.63. The van der Waals surface area contributed by atoms with Crippen molar-refractivity contribution in [2.24, 2.45) is 7.05 Å². The van der Waals surface area contributed by atoms with E-state index in [1.54, 1.807) is 23.0 Å². The fourth-order valence-corrected chi connectivity index (χ4v) is 6.52. The molecule has 0 saturated carbocycles. The monoisotopic (exact) mass is 405 g/mol. The molecule has 0 radical (unpaired) electrons. The maximum atomic E-state index is 12.9. The second kappa shape index (κ2) is 7.95. The first-order valence-corrected chi connectivity index (χ1v) is 11.8. The molecule has 7 heteroatoms. The zero-order chi connectivity index (χ0) is 19.0. The van der Waals surface area contributed by atoms with Crippen LogP contribution in [0, 0.1) is 0 Å². The highest BCUT2D eigenvalue weighted by Gasteiger charge is 2.26. The lowest BCUT2D eigenvalue weighted by Gasteiger charge is -2.35. The molecule has 5 nitrogen and oxygen atoms in total. The van der Waals surface area contributed by atoms with Gasteiger partial charge in [-0.25, -0.2) is 4.98 Å². The van der Waals surface area contributed by atoms with Crippen molar-refractivity contribution in [2.75, 3.05) is 12.3 Å². The van der Waals surface area contributed by atoms with Crippen LogP contribution in [-0.2, 0) is 24.7 Å². The van der Waals surface area contributed by atoms with E-state index >= 15 is 0 Å². The van der Waals surface area contributed by atoms with Gasteiger partial charge < -0.3 is 4.90 Å². The number of likely N-dealkylation sites (tertiary alicyclic amines) is 1. The van der Waals surface area contributed by atoms with E-state index in [1.807, 2.05) is 4.90 Å². The molecule has 4 rings (SSSR count). The Morgan fingerprint density at radius 2 is 2.07 bits per heavy atom. The van der Waals surface area contributed by atoms with Crippen LogP contribution >= 0.6 is 23.1 Å². The summed E-state index contributed by atoms with van der Waals surface area (Å²) in [5.41, 5.74) is 1.26. The first-order chi connectivity index (χ1) is 13.1. The molecule has 1 saturated heterocycles. The zero-order valence-electron chi connectivity index (χ0n) is 16.1. The van der Waals surface area contributed by atoms with Crippen LogP contribution in [0.4, 0.5) is 0 Å². The van der Waals surface area contributed by atoms with Gasteiger partial charge in [0.2, 0.25) is 5.91 Å². The molecule has 0 aromatic carbocycles. The molecule has 1 aliphatic carbocycles. The number of amides is 1. The molecule has 2 aliphatic rings. The Labute approximate surface area is 168 Å². The van der Waals surface area contributed by atoms with E-state index in [0.29, 0.717) is 17.0 Å². The van der Waals surface area contributed by atoms with Gasteiger partial charge in [-0.05, 0) is 56.9 Å². The quantitative estimate of drug-likeness (QED) is 0.574. The summed E-state index contributed by atoms with van der Waals surface area (Å²) >= 11 is 3.07. The number of carbonyl (C=O) groups is 1. The van der Waals surface area contributed by atoms with Gasteiger partial charge in [0.25, 0.3) is 5.56 Å². The van der Waals surface area contributed by atoms with Crippen molar-refractivity contribution < 1.29 is 4.79 Å². The zero-order valence-corrected chi connectivity index (χ0v) is 17.8. The summed E-state index contributed by atoms with van der Waals surface area (Å²) in [7, 11) is 1.78. The molecule has 1 atom stereocenters. The molecule has 3 heterocycles. The van der Waals surface area contributed by atoms with Crippen LogP contribution in [0.5, 0.6) is 0 Å². The van der Waals surface area contributed by atoms with E-state index in [2.05, 4.69) is 6.92 Å². The number of fused-ring (bicyclic) bond motifs is 3. The topological polar surface area (TPSA) is 55.2 Å². The van der Waals surface area contributed by atoms with Crippen molar-refractivity contribution in [3.8, 4) is 0 Å². The highest BCUT2D eigenvalue weighted by atomic mass is 32.2. The minimum Gasteiger partial charge on any atom is -0.339 e. The van der Waals surface area contributed by atoms with E-state index < -0.39 is 0 Å². The standard InChI is InChI=1S/C20H27N3O2S2/c1-3-13-8-6-7-11-23(13)16(24)12-26-20-21-18-17(19(25)22(20)2)14-9-4-5-10-15(14)27-18/h13H,3-12H2,1-2H3/t13-/m0/s1. The van der Waals surface area contributed by atoms with Crippen molar-refractivity contribution >= 4 is 39.2 Å². The number of carbonyl (C=O) groups excluding carboxylic acids is 1. The minimum atomic E-state index is 0.0405. The van der Waals surface area contributed by atoms with Gasteiger partial charge in [-0.2, -0.15) is 0 Å². The summed E-state index contributed by atoms with van der Waals surface area (Å²) in [5.74, 6) is 0.527. The second-order valence-electron chi connectivity index (χ2n) is 7.58. The number of aryl methyl sites for hydroxylation is 2. The Kier molecular flexibility index (Phi) is 5.60. The summed E-state index contributed by atoms with van der Waals surface area (Å²) in [5, 5.41) is 1.47. The van der Waals surface area contributed by atoms with Crippen LogP contribution in [0.2, 0.25) is 0 Å². The number of aromatic nitrogens is 2. The van der Waals surface area contributed by atoms with Gasteiger partial charge in [-0.3, -0.25) is 14.2 Å². The van der Waals surface area contributed by atoms with Gasteiger partial charge in [-0.1, -0.05) is 18.7 Å². The number of piperidine rings is 1. The van der Waals surface area contributed by atoms with Crippen molar-refractivity contribution in [3.63, 3.8) is 0 Å². The summed E-state index contributed by atoms with van der Waals surface area (Å²) in [6, 6.07) is 0.370. The second-order valence-corrected chi connectivity index (χ2v) is 9.61. The molecular formula is C20H27N3O2S2. The molecule has 1 fully saturated rings. The van der Waals surface area contributed by atoms with E-state index in [0.717, 1.165) is 55.3 Å². The average molecular weight is 406 g/mol. The van der Waals surface area contributed by atoms with Crippen molar-refractivity contribution in [2.45, 2.75) is 69.5 Å². The van der Waals surface area contributed by atoms with Gasteiger partial charge >= 0.3 is 0 Å². The predicted octanol–water partition coefficient (Wildman–Crippen LogP) is 3.76. The molecule has 0 bridgehead atoms. The highest BCUT2D eigenvalue weighted by Crippen LogP contribution is 2.34. The number of hydrogen-bond donors (Lipinski definition) is 0. The third-order valence-electron chi connectivity index (χ3n) is 5.90. The highest BCUT2D eigenvalue weighted by molar-refractivity contribution is 7.99. The maximum absolute atomic E-state index is 12.9. The predicted molar refractivity (Wildman–Crippen MR) is 112 cm³/mol. The maximum Gasteiger partial charge on any atom is 0.262 e. The van der Waals surface area contributed by atoms with E-state index in [1.165, 1.54) is 35.0 Å². The number of hydrogen-bond acceptors (Lipinski definition) is 5. The Hall–Kier alpha value is -1.34. The molecule has 2 aromatic heterocycles. The summed E-state index contributed by atoms with van der Waals surface area (Å²) in [4.78, 5) is 34.7. The molecule has 27 heavy (non-hydrogen) atoms. The van der Waals surface area contributed by atoms with Gasteiger partial charge in [0.05, 0.1) is 11.1 Å². The van der Waals surface area contributed by atoms with Crippen LogP contribution < -0.4 is 5.56 Å². The van der Waals surface area contributed by atoms with Crippen LogP contribution in [0.25, 0.3) is 10.2 Å². The molecule has 1 aliphatic heterocycles. The molecule has 0 unspecified atom stereocenters. The van der Waals surface area contributed by atoms with E-state index in [-0.39, 0.29) is 11.5 Å². The van der Waals surface area contributed by atoms with Crippen LogP contribution in [0.3, 0.4) is 0 Å².